The molecule has 6 nitrogen and oxygen atoms in total. The number of aromatic nitrogens is 4. The molecule has 1 unspecified atom stereocenters. The minimum Gasteiger partial charge on any atom is -0.338 e. The average Bonchev–Trinajstić information content (AvgIpc) is 3.19. The molecule has 30 heavy (non-hydrogen) atoms. The highest BCUT2D eigenvalue weighted by Crippen LogP contribution is 2.32. The van der Waals surface area contributed by atoms with E-state index in [1.54, 1.807) is 24.1 Å². The van der Waals surface area contributed by atoms with Crippen LogP contribution in [0.25, 0.3) is 11.3 Å². The van der Waals surface area contributed by atoms with E-state index in [2.05, 4.69) is 20.2 Å². The summed E-state index contributed by atoms with van der Waals surface area (Å²) in [6, 6.07) is 5.05. The Bertz CT molecular complexity index is 1060. The Balaban J connectivity index is 1.57. The number of aryl methyl sites for hydroxylation is 1. The molecular formula is C21H20F3N5O. The topological polar surface area (TPSA) is 74.8 Å². The third-order valence-electron chi connectivity index (χ3n) is 5.33. The van der Waals surface area contributed by atoms with Crippen molar-refractivity contribution < 1.29 is 18.0 Å². The van der Waals surface area contributed by atoms with Crippen LogP contribution in [-0.4, -0.2) is 44.1 Å². The van der Waals surface area contributed by atoms with Crippen LogP contribution < -0.4 is 0 Å². The smallest absolute Gasteiger partial charge is 0.338 e. The van der Waals surface area contributed by atoms with Gasteiger partial charge in [0.25, 0.3) is 5.91 Å². The summed E-state index contributed by atoms with van der Waals surface area (Å²) in [5, 5.41) is 6.68. The second kappa shape index (κ2) is 7.89. The van der Waals surface area contributed by atoms with Crippen molar-refractivity contribution in [3.8, 4) is 11.3 Å². The molecule has 1 aliphatic heterocycles. The molecule has 1 fully saturated rings. The lowest BCUT2D eigenvalue weighted by atomic mass is 9.94. The number of carbonyl (C=O) groups is 1. The lowest BCUT2D eigenvalue weighted by molar-refractivity contribution is -0.137. The van der Waals surface area contributed by atoms with Gasteiger partial charge in [-0.25, -0.2) is 4.98 Å². The first kappa shape index (κ1) is 20.1. The second-order valence-corrected chi connectivity index (χ2v) is 7.41. The summed E-state index contributed by atoms with van der Waals surface area (Å²) in [6.07, 6.45) is 1.82. The first-order valence-corrected chi connectivity index (χ1v) is 9.62. The highest BCUT2D eigenvalue weighted by molar-refractivity contribution is 5.95. The fourth-order valence-corrected chi connectivity index (χ4v) is 3.71. The van der Waals surface area contributed by atoms with Crippen molar-refractivity contribution in [3.63, 3.8) is 0 Å². The normalized spacial score (nSPS) is 17.2. The molecule has 1 aromatic carbocycles. The number of alkyl halides is 3. The highest BCUT2D eigenvalue weighted by atomic mass is 19.4. The van der Waals surface area contributed by atoms with Crippen LogP contribution in [-0.2, 0) is 6.18 Å². The number of benzene rings is 1. The van der Waals surface area contributed by atoms with Gasteiger partial charge in [-0.3, -0.25) is 14.9 Å². The van der Waals surface area contributed by atoms with Gasteiger partial charge < -0.3 is 4.90 Å². The molecule has 1 N–H and O–H groups in total. The van der Waals surface area contributed by atoms with Gasteiger partial charge >= 0.3 is 6.18 Å². The fourth-order valence-electron chi connectivity index (χ4n) is 3.71. The molecule has 0 saturated carbocycles. The number of rotatable bonds is 3. The molecule has 0 spiro atoms. The highest BCUT2D eigenvalue weighted by Gasteiger charge is 2.31. The third-order valence-corrected chi connectivity index (χ3v) is 5.33. The number of piperidine rings is 1. The Hall–Kier alpha value is -3.23. The number of likely N-dealkylation sites (tertiary alicyclic amines) is 1. The van der Waals surface area contributed by atoms with Gasteiger partial charge in [0.2, 0.25) is 0 Å². The minimum absolute atomic E-state index is 0.0341. The molecule has 1 aliphatic rings. The van der Waals surface area contributed by atoms with E-state index < -0.39 is 11.7 Å². The minimum atomic E-state index is -4.42. The number of hydrogen-bond donors (Lipinski definition) is 1. The van der Waals surface area contributed by atoms with Crippen LogP contribution in [0.1, 0.15) is 46.1 Å². The molecule has 1 saturated heterocycles. The van der Waals surface area contributed by atoms with Gasteiger partial charge in [0.05, 0.1) is 34.9 Å². The number of carbonyl (C=O) groups excluding carboxylic acids is 1. The van der Waals surface area contributed by atoms with E-state index >= 15 is 0 Å². The zero-order valence-electron chi connectivity index (χ0n) is 16.3. The van der Waals surface area contributed by atoms with Crippen LogP contribution >= 0.6 is 0 Å². The van der Waals surface area contributed by atoms with Gasteiger partial charge in [-0.15, -0.1) is 0 Å². The maximum absolute atomic E-state index is 13.0. The zero-order chi connectivity index (χ0) is 21.3. The molecule has 0 bridgehead atoms. The van der Waals surface area contributed by atoms with Gasteiger partial charge in [-0.1, -0.05) is 12.1 Å². The van der Waals surface area contributed by atoms with Gasteiger partial charge in [0.15, 0.2) is 0 Å². The van der Waals surface area contributed by atoms with Crippen molar-refractivity contribution in [2.24, 2.45) is 0 Å². The molecule has 9 heteroatoms. The third kappa shape index (κ3) is 4.05. The Morgan fingerprint density at radius 2 is 2.07 bits per heavy atom. The number of halogens is 3. The van der Waals surface area contributed by atoms with Gasteiger partial charge in [-0.05, 0) is 31.9 Å². The molecule has 0 aliphatic carbocycles. The molecule has 3 heterocycles. The summed E-state index contributed by atoms with van der Waals surface area (Å²) < 4.78 is 39.1. The lowest BCUT2D eigenvalue weighted by Gasteiger charge is -2.32. The molecule has 2 aromatic heterocycles. The molecule has 156 valence electrons. The summed E-state index contributed by atoms with van der Waals surface area (Å²) in [5.41, 5.74) is 1.95. The predicted molar refractivity (Wildman–Crippen MR) is 104 cm³/mol. The Morgan fingerprint density at radius 3 is 2.80 bits per heavy atom. The molecule has 4 rings (SSSR count). The predicted octanol–water partition coefficient (Wildman–Crippen LogP) is 4.21. The van der Waals surface area contributed by atoms with E-state index in [1.165, 1.54) is 18.5 Å². The van der Waals surface area contributed by atoms with Crippen LogP contribution in [0, 0.1) is 6.92 Å². The maximum atomic E-state index is 13.0. The van der Waals surface area contributed by atoms with E-state index in [1.807, 2.05) is 0 Å². The van der Waals surface area contributed by atoms with Crippen LogP contribution in [0.5, 0.6) is 0 Å². The first-order valence-electron chi connectivity index (χ1n) is 9.62. The van der Waals surface area contributed by atoms with Gasteiger partial charge in [0.1, 0.15) is 0 Å². The number of nitrogens with zero attached hydrogens (tertiary/aromatic N) is 4. The van der Waals surface area contributed by atoms with E-state index in [4.69, 9.17) is 0 Å². The van der Waals surface area contributed by atoms with E-state index in [0.717, 1.165) is 25.0 Å². The van der Waals surface area contributed by atoms with Crippen molar-refractivity contribution in [2.45, 2.75) is 31.9 Å². The van der Waals surface area contributed by atoms with Crippen LogP contribution in [0.4, 0.5) is 13.2 Å². The molecule has 3 aromatic rings. The Labute approximate surface area is 171 Å². The van der Waals surface area contributed by atoms with Crippen LogP contribution in [0.3, 0.4) is 0 Å². The van der Waals surface area contributed by atoms with Crippen molar-refractivity contribution in [2.75, 3.05) is 13.1 Å². The zero-order valence-corrected chi connectivity index (χ0v) is 16.3. The summed E-state index contributed by atoms with van der Waals surface area (Å²) in [5.74, 6) is -0.124. The number of nitrogens with one attached hydrogen (secondary N) is 1. The van der Waals surface area contributed by atoms with Crippen molar-refractivity contribution in [1.82, 2.24) is 25.1 Å². The Kier molecular flexibility index (Phi) is 5.27. The fraction of sp³-hybridized carbons (Fsp3) is 0.333. The van der Waals surface area contributed by atoms with Gasteiger partial charge in [-0.2, -0.15) is 18.3 Å². The number of hydrogen-bond acceptors (Lipinski definition) is 4. The molecule has 1 atom stereocenters. The Morgan fingerprint density at radius 1 is 1.23 bits per heavy atom. The van der Waals surface area contributed by atoms with E-state index in [9.17, 15) is 18.0 Å². The average molecular weight is 415 g/mol. The summed E-state index contributed by atoms with van der Waals surface area (Å²) in [4.78, 5) is 23.3. The molecule has 0 radical (unpaired) electrons. The van der Waals surface area contributed by atoms with Crippen LogP contribution in [0.2, 0.25) is 0 Å². The SMILES string of the molecule is Cc1[nH]ncc1C(=O)N1CCCC(c2cncc(-c3cccc(C(F)(F)F)c3)n2)C1. The number of aromatic amines is 1. The quantitative estimate of drug-likeness (QED) is 0.695. The second-order valence-electron chi connectivity index (χ2n) is 7.41. The van der Waals surface area contributed by atoms with Crippen LogP contribution in [0.15, 0.2) is 42.9 Å². The first-order chi connectivity index (χ1) is 14.3. The summed E-state index contributed by atoms with van der Waals surface area (Å²) in [6.45, 7) is 2.91. The largest absolute Gasteiger partial charge is 0.416 e. The molecular weight excluding hydrogens is 395 g/mol. The van der Waals surface area contributed by atoms with E-state index in [-0.39, 0.29) is 11.8 Å². The standard InChI is InChI=1S/C21H20F3N5O/c1-13-17(9-26-28-13)20(30)29-7-3-5-15(12-29)19-11-25-10-18(27-19)14-4-2-6-16(8-14)21(22,23)24/h2,4,6,8-11,15H,3,5,7,12H2,1H3,(H,26,28). The van der Waals surface area contributed by atoms with Gasteiger partial charge in [0, 0.05) is 36.5 Å². The van der Waals surface area contributed by atoms with E-state index in [0.29, 0.717) is 41.3 Å². The maximum Gasteiger partial charge on any atom is 0.416 e. The van der Waals surface area contributed by atoms with Crippen molar-refractivity contribution in [1.29, 1.82) is 0 Å². The number of amides is 1. The van der Waals surface area contributed by atoms with Crippen molar-refractivity contribution in [3.05, 3.63) is 65.4 Å². The summed E-state index contributed by atoms with van der Waals surface area (Å²) in [7, 11) is 0. The molecule has 1 amide bonds. The lowest BCUT2D eigenvalue weighted by Crippen LogP contribution is -2.39. The van der Waals surface area contributed by atoms with Crippen molar-refractivity contribution >= 4 is 5.91 Å². The number of H-pyrrole nitrogens is 1. The summed E-state index contributed by atoms with van der Waals surface area (Å²) >= 11 is 0. The monoisotopic (exact) mass is 415 g/mol.